The molecule has 1 aliphatic rings. The second-order valence-corrected chi connectivity index (χ2v) is 7.81. The van der Waals surface area contributed by atoms with E-state index < -0.39 is 5.97 Å². The maximum Gasteiger partial charge on any atom is 0.335 e. The molecule has 0 saturated heterocycles. The van der Waals surface area contributed by atoms with Crippen LogP contribution in [0, 0.1) is 11.3 Å². The first-order valence-corrected chi connectivity index (χ1v) is 8.19. The van der Waals surface area contributed by atoms with Crippen LogP contribution in [0.1, 0.15) is 56.0 Å². The van der Waals surface area contributed by atoms with E-state index in [0.717, 1.165) is 22.9 Å². The van der Waals surface area contributed by atoms with Crippen LogP contribution in [0.5, 0.6) is 0 Å². The van der Waals surface area contributed by atoms with Crippen molar-refractivity contribution in [2.45, 2.75) is 52.7 Å². The Bertz CT molecular complexity index is 525. The fourth-order valence-electron chi connectivity index (χ4n) is 3.39. The number of carboxylic acid groups (broad SMARTS) is 1. The van der Waals surface area contributed by atoms with Crippen LogP contribution in [0.15, 0.2) is 22.7 Å². The van der Waals surface area contributed by atoms with Crippen molar-refractivity contribution in [3.8, 4) is 0 Å². The summed E-state index contributed by atoms with van der Waals surface area (Å²) in [4.78, 5) is 10.9. The molecule has 0 heterocycles. The van der Waals surface area contributed by atoms with Crippen molar-refractivity contribution in [2.75, 3.05) is 0 Å². The molecule has 0 amide bonds. The highest BCUT2D eigenvalue weighted by Crippen LogP contribution is 2.40. The first-order chi connectivity index (χ1) is 9.77. The smallest absolute Gasteiger partial charge is 0.335 e. The molecule has 2 unspecified atom stereocenters. The van der Waals surface area contributed by atoms with Gasteiger partial charge in [0.1, 0.15) is 0 Å². The Morgan fingerprint density at radius 2 is 2.14 bits per heavy atom. The quantitative estimate of drug-likeness (QED) is 0.837. The van der Waals surface area contributed by atoms with Gasteiger partial charge >= 0.3 is 5.97 Å². The Labute approximate surface area is 134 Å². The summed E-state index contributed by atoms with van der Waals surface area (Å²) in [5, 5.41) is 8.97. The topological polar surface area (TPSA) is 46.5 Å². The fraction of sp³-hybridized carbons (Fsp3) is 0.588. The Morgan fingerprint density at radius 3 is 2.71 bits per heavy atom. The highest BCUT2D eigenvalue weighted by Gasteiger charge is 2.32. The average molecular weight is 355 g/mol. The molecule has 2 rings (SSSR count). The van der Waals surface area contributed by atoms with Crippen molar-refractivity contribution in [2.24, 2.45) is 11.3 Å². The van der Waals surface area contributed by atoms with Crippen LogP contribution in [0.25, 0.3) is 0 Å². The van der Waals surface area contributed by atoms with Gasteiger partial charge in [0, 0.05) is 4.47 Å². The summed E-state index contributed by atoms with van der Waals surface area (Å²) in [5.74, 6) is -0.220. The highest BCUT2D eigenvalue weighted by molar-refractivity contribution is 9.10. The van der Waals surface area contributed by atoms with Gasteiger partial charge in [0.2, 0.25) is 0 Å². The van der Waals surface area contributed by atoms with Gasteiger partial charge in [-0.25, -0.2) is 4.79 Å². The van der Waals surface area contributed by atoms with Crippen LogP contribution in [0.4, 0.5) is 0 Å². The molecule has 1 aromatic rings. The zero-order valence-corrected chi connectivity index (χ0v) is 14.4. The standard InChI is InChI=1S/C17H23BrO3/c1-11-6-14(9-17(2,3)8-11)21-10-13-5-4-12(16(19)20)7-15(13)18/h4-5,7,11,14H,6,8-10H2,1-3H3,(H,19,20). The zero-order valence-electron chi connectivity index (χ0n) is 12.9. The van der Waals surface area contributed by atoms with E-state index in [1.807, 2.05) is 6.07 Å². The minimum Gasteiger partial charge on any atom is -0.478 e. The molecule has 1 N–H and O–H groups in total. The number of ether oxygens (including phenoxy) is 1. The minimum absolute atomic E-state index is 0.287. The van der Waals surface area contributed by atoms with Gasteiger partial charge in [0.05, 0.1) is 18.3 Å². The van der Waals surface area contributed by atoms with Crippen LogP contribution in [-0.2, 0) is 11.3 Å². The van der Waals surface area contributed by atoms with Crippen LogP contribution < -0.4 is 0 Å². The Kier molecular flexibility index (Phi) is 5.10. The number of rotatable bonds is 4. The van der Waals surface area contributed by atoms with Crippen LogP contribution in [0.2, 0.25) is 0 Å². The van der Waals surface area contributed by atoms with Gasteiger partial charge in [-0.3, -0.25) is 0 Å². The van der Waals surface area contributed by atoms with Gasteiger partial charge in [-0.2, -0.15) is 0 Å². The maximum absolute atomic E-state index is 10.9. The summed E-state index contributed by atoms with van der Waals surface area (Å²) < 4.78 is 6.88. The predicted octanol–water partition coefficient (Wildman–Crippen LogP) is 4.88. The molecule has 1 fully saturated rings. The Balaban J connectivity index is 1.98. The summed E-state index contributed by atoms with van der Waals surface area (Å²) in [6, 6.07) is 5.08. The molecular formula is C17H23BrO3. The van der Waals surface area contributed by atoms with Gasteiger partial charge in [-0.05, 0) is 48.3 Å². The van der Waals surface area contributed by atoms with Crippen molar-refractivity contribution >= 4 is 21.9 Å². The number of hydrogen-bond donors (Lipinski definition) is 1. The second-order valence-electron chi connectivity index (χ2n) is 6.96. The van der Waals surface area contributed by atoms with Crippen LogP contribution in [-0.4, -0.2) is 17.2 Å². The van der Waals surface area contributed by atoms with E-state index in [0.29, 0.717) is 17.9 Å². The maximum atomic E-state index is 10.9. The van der Waals surface area contributed by atoms with Gasteiger partial charge in [-0.1, -0.05) is 42.8 Å². The Morgan fingerprint density at radius 1 is 1.43 bits per heavy atom. The summed E-state index contributed by atoms with van der Waals surface area (Å²) >= 11 is 3.43. The van der Waals surface area contributed by atoms with E-state index in [2.05, 4.69) is 36.7 Å². The van der Waals surface area contributed by atoms with Gasteiger partial charge in [-0.15, -0.1) is 0 Å². The summed E-state index contributed by atoms with van der Waals surface area (Å²) in [6.45, 7) is 7.41. The number of aromatic carboxylic acids is 1. The van der Waals surface area contributed by atoms with Gasteiger partial charge < -0.3 is 9.84 Å². The lowest BCUT2D eigenvalue weighted by Crippen LogP contribution is -2.32. The molecule has 3 nitrogen and oxygen atoms in total. The monoisotopic (exact) mass is 354 g/mol. The molecule has 1 aliphatic carbocycles. The first-order valence-electron chi connectivity index (χ1n) is 7.40. The first kappa shape index (κ1) is 16.5. The molecule has 116 valence electrons. The molecule has 0 aliphatic heterocycles. The van der Waals surface area contributed by atoms with E-state index in [1.165, 1.54) is 6.42 Å². The third kappa shape index (κ3) is 4.55. The highest BCUT2D eigenvalue weighted by atomic mass is 79.9. The molecule has 4 heteroatoms. The van der Waals surface area contributed by atoms with E-state index in [1.54, 1.807) is 12.1 Å². The zero-order chi connectivity index (χ0) is 15.6. The van der Waals surface area contributed by atoms with E-state index in [4.69, 9.17) is 9.84 Å². The average Bonchev–Trinajstić information content (AvgIpc) is 2.34. The molecule has 2 atom stereocenters. The molecule has 0 bridgehead atoms. The Hall–Kier alpha value is -0.870. The number of hydrogen-bond acceptors (Lipinski definition) is 2. The van der Waals surface area contributed by atoms with E-state index in [9.17, 15) is 4.79 Å². The molecule has 21 heavy (non-hydrogen) atoms. The number of halogens is 1. The normalized spacial score (nSPS) is 24.8. The van der Waals surface area contributed by atoms with Crippen molar-refractivity contribution in [3.63, 3.8) is 0 Å². The van der Waals surface area contributed by atoms with E-state index in [-0.39, 0.29) is 11.7 Å². The molecule has 1 aromatic carbocycles. The summed E-state index contributed by atoms with van der Waals surface area (Å²) in [7, 11) is 0. The molecule has 0 radical (unpaired) electrons. The number of carbonyl (C=O) groups is 1. The lowest BCUT2D eigenvalue weighted by Gasteiger charge is -2.38. The molecule has 0 aromatic heterocycles. The van der Waals surface area contributed by atoms with Crippen LogP contribution >= 0.6 is 15.9 Å². The molecule has 0 spiro atoms. The number of carboxylic acids is 1. The van der Waals surface area contributed by atoms with Crippen molar-refractivity contribution < 1.29 is 14.6 Å². The van der Waals surface area contributed by atoms with Crippen LogP contribution in [0.3, 0.4) is 0 Å². The lowest BCUT2D eigenvalue weighted by molar-refractivity contribution is -0.0318. The van der Waals surface area contributed by atoms with Crippen molar-refractivity contribution in [3.05, 3.63) is 33.8 Å². The van der Waals surface area contributed by atoms with Crippen molar-refractivity contribution in [1.82, 2.24) is 0 Å². The van der Waals surface area contributed by atoms with Gasteiger partial charge in [0.15, 0.2) is 0 Å². The van der Waals surface area contributed by atoms with Crippen molar-refractivity contribution in [1.29, 1.82) is 0 Å². The lowest BCUT2D eigenvalue weighted by atomic mass is 9.71. The molecular weight excluding hydrogens is 332 g/mol. The SMILES string of the molecule is CC1CC(OCc2ccc(C(=O)O)cc2Br)CC(C)(C)C1. The van der Waals surface area contributed by atoms with E-state index >= 15 is 0 Å². The third-order valence-corrected chi connectivity index (χ3v) is 4.86. The van der Waals surface area contributed by atoms with Gasteiger partial charge in [0.25, 0.3) is 0 Å². The number of benzene rings is 1. The second kappa shape index (κ2) is 6.49. The fourth-order valence-corrected chi connectivity index (χ4v) is 3.88. The summed E-state index contributed by atoms with van der Waals surface area (Å²) in [6.07, 6.45) is 3.73. The molecule has 1 saturated carbocycles. The largest absolute Gasteiger partial charge is 0.478 e. The third-order valence-electron chi connectivity index (χ3n) is 4.12. The predicted molar refractivity (Wildman–Crippen MR) is 86.5 cm³/mol. The summed E-state index contributed by atoms with van der Waals surface area (Å²) in [5.41, 5.74) is 1.63. The minimum atomic E-state index is -0.911.